The van der Waals surface area contributed by atoms with Crippen molar-refractivity contribution in [2.24, 2.45) is 0 Å². The molecule has 0 bridgehead atoms. The van der Waals surface area contributed by atoms with Gasteiger partial charge in [-0.25, -0.2) is 4.79 Å². The Morgan fingerprint density at radius 3 is 2.40 bits per heavy atom. The van der Waals surface area contributed by atoms with Gasteiger partial charge in [0.2, 0.25) is 5.91 Å². The number of nitrogens with zero attached hydrogens (tertiary/aromatic N) is 3. The lowest BCUT2D eigenvalue weighted by Gasteiger charge is -2.27. The number of rotatable bonds is 5. The van der Waals surface area contributed by atoms with Crippen molar-refractivity contribution in [3.05, 3.63) is 18.0 Å². The molecule has 1 saturated heterocycles. The predicted molar refractivity (Wildman–Crippen MR) is 83.9 cm³/mol. The van der Waals surface area contributed by atoms with E-state index in [1.807, 2.05) is 24.3 Å². The van der Waals surface area contributed by atoms with Gasteiger partial charge in [-0.05, 0) is 37.9 Å². The Morgan fingerprint density at radius 1 is 1.32 bits per heavy atom. The first kappa shape index (κ1) is 20.9. The first-order valence-electron chi connectivity index (χ1n) is 7.94. The lowest BCUT2D eigenvalue weighted by Crippen LogP contribution is -2.41. The maximum atomic E-state index is 12.0. The maximum absolute atomic E-state index is 12.0. The third-order valence-corrected chi connectivity index (χ3v) is 3.77. The zero-order chi connectivity index (χ0) is 18.9. The van der Waals surface area contributed by atoms with Crippen LogP contribution in [0.15, 0.2) is 12.4 Å². The van der Waals surface area contributed by atoms with Gasteiger partial charge in [-0.3, -0.25) is 14.8 Å². The molecule has 1 aromatic heterocycles. The van der Waals surface area contributed by atoms with Crippen LogP contribution in [0.1, 0.15) is 24.8 Å². The Morgan fingerprint density at radius 2 is 1.92 bits per heavy atom. The molecule has 0 atom stereocenters. The highest BCUT2D eigenvalue weighted by atomic mass is 19.4. The quantitative estimate of drug-likeness (QED) is 0.827. The van der Waals surface area contributed by atoms with Crippen LogP contribution in [0.3, 0.4) is 0 Å². The third-order valence-electron chi connectivity index (χ3n) is 3.77. The zero-order valence-corrected chi connectivity index (χ0v) is 14.1. The normalized spacial score (nSPS) is 15.2. The Kier molecular flexibility index (Phi) is 8.39. The van der Waals surface area contributed by atoms with E-state index in [0.29, 0.717) is 6.54 Å². The Hall–Kier alpha value is -2.10. The molecular formula is C15H23F3N4O3. The van der Waals surface area contributed by atoms with Crippen molar-refractivity contribution < 1.29 is 27.9 Å². The number of hydrogen-bond acceptors (Lipinski definition) is 4. The SMILES string of the molecule is CN(CCc1cn[nH]c1)C(=O)CN1CCCCC1.O=C(O)C(F)(F)F. The van der Waals surface area contributed by atoms with Gasteiger partial charge >= 0.3 is 12.1 Å². The second-order valence-corrected chi connectivity index (χ2v) is 5.81. The molecule has 0 aliphatic carbocycles. The third kappa shape index (κ3) is 8.52. The fourth-order valence-electron chi connectivity index (χ4n) is 2.27. The average molecular weight is 364 g/mol. The van der Waals surface area contributed by atoms with E-state index < -0.39 is 12.1 Å². The number of carbonyl (C=O) groups excluding carboxylic acids is 1. The van der Waals surface area contributed by atoms with E-state index in [2.05, 4.69) is 15.1 Å². The number of likely N-dealkylation sites (N-methyl/N-ethyl adjacent to an activating group) is 1. The summed E-state index contributed by atoms with van der Waals surface area (Å²) in [6.45, 7) is 3.47. The molecule has 0 unspecified atom stereocenters. The number of carbonyl (C=O) groups is 2. The average Bonchev–Trinajstić information content (AvgIpc) is 3.06. The minimum absolute atomic E-state index is 0.223. The molecule has 0 saturated carbocycles. The van der Waals surface area contributed by atoms with Gasteiger partial charge in [0.05, 0.1) is 12.7 Å². The number of nitrogens with one attached hydrogen (secondary N) is 1. The van der Waals surface area contributed by atoms with Gasteiger partial charge in [0.25, 0.3) is 0 Å². The maximum Gasteiger partial charge on any atom is 0.490 e. The van der Waals surface area contributed by atoms with Crippen molar-refractivity contribution in [3.8, 4) is 0 Å². The van der Waals surface area contributed by atoms with Crippen LogP contribution in [0, 0.1) is 0 Å². The number of likely N-dealkylation sites (tertiary alicyclic amines) is 1. The van der Waals surface area contributed by atoms with Crippen LogP contribution in [-0.4, -0.2) is 76.4 Å². The van der Waals surface area contributed by atoms with Crippen LogP contribution >= 0.6 is 0 Å². The van der Waals surface area contributed by atoms with Gasteiger partial charge in [-0.1, -0.05) is 6.42 Å². The van der Waals surface area contributed by atoms with Crippen LogP contribution in [0.5, 0.6) is 0 Å². The number of hydrogen-bond donors (Lipinski definition) is 2. The summed E-state index contributed by atoms with van der Waals surface area (Å²) in [6.07, 6.45) is 3.23. The molecule has 1 aliphatic heterocycles. The molecule has 2 heterocycles. The summed E-state index contributed by atoms with van der Waals surface area (Å²) in [5.74, 6) is -2.53. The number of alkyl halides is 3. The molecule has 0 aromatic carbocycles. The first-order chi connectivity index (χ1) is 11.7. The van der Waals surface area contributed by atoms with Gasteiger partial charge in [-0.15, -0.1) is 0 Å². The van der Waals surface area contributed by atoms with Gasteiger partial charge in [-0.2, -0.15) is 18.3 Å². The number of aliphatic carboxylic acids is 1. The van der Waals surface area contributed by atoms with E-state index in [1.165, 1.54) is 19.3 Å². The molecule has 2 rings (SSSR count). The van der Waals surface area contributed by atoms with Gasteiger partial charge in [0, 0.05) is 19.8 Å². The molecule has 0 radical (unpaired) electrons. The molecule has 7 nitrogen and oxygen atoms in total. The zero-order valence-electron chi connectivity index (χ0n) is 14.1. The molecule has 1 amide bonds. The van der Waals surface area contributed by atoms with Crippen LogP contribution < -0.4 is 0 Å². The molecule has 2 N–H and O–H groups in total. The summed E-state index contributed by atoms with van der Waals surface area (Å²) in [4.78, 5) is 25.0. The topological polar surface area (TPSA) is 89.5 Å². The van der Waals surface area contributed by atoms with Crippen molar-refractivity contribution in [2.75, 3.05) is 33.2 Å². The Labute approximate surface area is 143 Å². The van der Waals surface area contributed by atoms with E-state index >= 15 is 0 Å². The van der Waals surface area contributed by atoms with E-state index in [4.69, 9.17) is 9.90 Å². The highest BCUT2D eigenvalue weighted by Gasteiger charge is 2.38. The largest absolute Gasteiger partial charge is 0.490 e. The summed E-state index contributed by atoms with van der Waals surface area (Å²) in [7, 11) is 1.88. The number of carboxylic acid groups (broad SMARTS) is 1. The fraction of sp³-hybridized carbons (Fsp3) is 0.667. The number of piperidine rings is 1. The van der Waals surface area contributed by atoms with Crippen molar-refractivity contribution >= 4 is 11.9 Å². The van der Waals surface area contributed by atoms with Gasteiger partial charge in [0.15, 0.2) is 0 Å². The van der Waals surface area contributed by atoms with E-state index in [-0.39, 0.29) is 5.91 Å². The minimum atomic E-state index is -5.08. The number of halogens is 3. The van der Waals surface area contributed by atoms with Crippen molar-refractivity contribution in [1.29, 1.82) is 0 Å². The molecule has 1 aromatic rings. The highest BCUT2D eigenvalue weighted by molar-refractivity contribution is 5.78. The lowest BCUT2D eigenvalue weighted by molar-refractivity contribution is -0.192. The van der Waals surface area contributed by atoms with Gasteiger partial charge in [0.1, 0.15) is 0 Å². The van der Waals surface area contributed by atoms with Crippen molar-refractivity contribution in [3.63, 3.8) is 0 Å². The second kappa shape index (κ2) is 10.0. The smallest absolute Gasteiger partial charge is 0.475 e. The summed E-state index contributed by atoms with van der Waals surface area (Å²) in [5, 5.41) is 13.8. The molecule has 25 heavy (non-hydrogen) atoms. The number of H-pyrrole nitrogens is 1. The van der Waals surface area contributed by atoms with Crippen molar-refractivity contribution in [1.82, 2.24) is 20.0 Å². The predicted octanol–water partition coefficient (Wildman–Crippen LogP) is 1.53. The molecule has 0 spiro atoms. The van der Waals surface area contributed by atoms with Crippen LogP contribution in [-0.2, 0) is 16.0 Å². The molecule has 10 heteroatoms. The molecule has 142 valence electrons. The lowest BCUT2D eigenvalue weighted by atomic mass is 10.1. The fourth-order valence-corrected chi connectivity index (χ4v) is 2.27. The Balaban J connectivity index is 0.000000381. The van der Waals surface area contributed by atoms with Gasteiger partial charge < -0.3 is 10.0 Å². The van der Waals surface area contributed by atoms with Crippen molar-refractivity contribution in [2.45, 2.75) is 31.9 Å². The number of amides is 1. The monoisotopic (exact) mass is 364 g/mol. The number of aromatic amines is 1. The minimum Gasteiger partial charge on any atom is -0.475 e. The Bertz CT molecular complexity index is 529. The summed E-state index contributed by atoms with van der Waals surface area (Å²) in [5.41, 5.74) is 1.15. The second-order valence-electron chi connectivity index (χ2n) is 5.81. The van der Waals surface area contributed by atoms with Crippen LogP contribution in [0.2, 0.25) is 0 Å². The summed E-state index contributed by atoms with van der Waals surface area (Å²) < 4.78 is 31.7. The standard InChI is InChI=1S/C13H22N4O.C2HF3O2/c1-16(8-5-12-9-14-15-10-12)13(18)11-17-6-3-2-4-7-17;3-2(4,5)1(6)7/h9-10H,2-8,11H2,1H3,(H,14,15);(H,6,7). The molecule has 1 fully saturated rings. The van der Waals surface area contributed by atoms with Crippen LogP contribution in [0.4, 0.5) is 13.2 Å². The summed E-state index contributed by atoms with van der Waals surface area (Å²) >= 11 is 0. The van der Waals surface area contributed by atoms with E-state index in [9.17, 15) is 18.0 Å². The van der Waals surface area contributed by atoms with Crippen LogP contribution in [0.25, 0.3) is 0 Å². The molecular weight excluding hydrogens is 341 g/mol. The van der Waals surface area contributed by atoms with E-state index in [0.717, 1.165) is 31.6 Å². The van der Waals surface area contributed by atoms with E-state index in [1.54, 1.807) is 0 Å². The summed E-state index contributed by atoms with van der Waals surface area (Å²) in [6, 6.07) is 0. The number of aromatic nitrogens is 2. The molecule has 1 aliphatic rings. The highest BCUT2D eigenvalue weighted by Crippen LogP contribution is 2.13. The first-order valence-corrected chi connectivity index (χ1v) is 7.94. The number of carboxylic acids is 1.